The highest BCUT2D eigenvalue weighted by atomic mass is 35.5. The smallest absolute Gasteiger partial charge is 0.415 e. The number of carboxylic acids is 1. The van der Waals surface area contributed by atoms with Gasteiger partial charge >= 0.3 is 11.9 Å². The average molecular weight is 547 g/mol. The topological polar surface area (TPSA) is 63.8 Å². The number of nitrogens with zero attached hydrogens (tertiary/aromatic N) is 5. The number of piperidine rings is 1. The maximum absolute atomic E-state index is 12.2. The first-order chi connectivity index (χ1) is 18.9. The normalized spacial score (nSPS) is 21.8. The van der Waals surface area contributed by atoms with Crippen molar-refractivity contribution in [2.45, 2.75) is 25.2 Å². The van der Waals surface area contributed by atoms with Gasteiger partial charge in [-0.1, -0.05) is 59.1 Å². The van der Waals surface area contributed by atoms with Crippen molar-refractivity contribution in [3.05, 3.63) is 101 Å². The molecule has 1 saturated heterocycles. The number of hydrogen-bond acceptors (Lipinski definition) is 5. The van der Waals surface area contributed by atoms with Crippen molar-refractivity contribution in [3.63, 3.8) is 0 Å². The number of aryl methyl sites for hydroxylation is 1. The van der Waals surface area contributed by atoms with Crippen LogP contribution in [-0.4, -0.2) is 59.2 Å². The zero-order chi connectivity index (χ0) is 27.4. The van der Waals surface area contributed by atoms with Gasteiger partial charge in [-0.25, -0.2) is 4.57 Å². The molecule has 1 N–H and O–H groups in total. The molecule has 0 amide bonds. The molecule has 1 aromatic carbocycles. The lowest BCUT2D eigenvalue weighted by Crippen LogP contribution is -2.53. The van der Waals surface area contributed by atoms with Crippen molar-refractivity contribution in [3.8, 4) is 0 Å². The fourth-order valence-electron chi connectivity index (χ4n) is 5.87. The molecule has 204 valence electrons. The molecule has 1 aromatic heterocycles. The number of hydrazine groups is 1. The number of carboxylic acid groups (broad SMARTS) is 1. The highest BCUT2D eigenvalue weighted by Crippen LogP contribution is 2.37. The molecule has 2 atom stereocenters. The largest absolute Gasteiger partial charge is 0.481 e. The number of likely N-dealkylation sites (tertiary alicyclic amines) is 1. The standard InChI is InChI=1S/C31H36ClN5O2/c1-34-17-7-16-33-31(34)37-29(20-26(21-35(37)2)23-10-12-27(32)13-11-23)25-14-18-36(19-15-25)22-28(30(38)39)24-8-5-3-4-6-9-24/h3-5,7-13,16-17,20,25-26,28H,6,14-15,18-19,21-22H2,1-2H3/p+1. The molecule has 8 heteroatoms. The van der Waals surface area contributed by atoms with E-state index in [1.54, 1.807) is 0 Å². The average Bonchev–Trinajstić information content (AvgIpc) is 3.22. The molecule has 3 aliphatic rings. The van der Waals surface area contributed by atoms with Gasteiger partial charge in [0.1, 0.15) is 6.20 Å². The second-order valence-electron chi connectivity index (χ2n) is 10.6. The second-order valence-corrected chi connectivity index (χ2v) is 11.1. The van der Waals surface area contributed by atoms with Gasteiger partial charge in [-0.3, -0.25) is 4.79 Å². The summed E-state index contributed by atoms with van der Waals surface area (Å²) in [5.41, 5.74) is 3.40. The highest BCUT2D eigenvalue weighted by Gasteiger charge is 2.39. The number of benzene rings is 1. The zero-order valence-electron chi connectivity index (χ0n) is 22.7. The van der Waals surface area contributed by atoms with Crippen LogP contribution in [0.25, 0.3) is 0 Å². The molecule has 7 nitrogen and oxygen atoms in total. The SMILES string of the molecule is CN1CC(c2ccc(Cl)cc2)C=C(C2CCN(CC(C(=O)O)C3=CCC=CC=C3)CC2)N1c1nccc[n+]1C. The van der Waals surface area contributed by atoms with Gasteiger partial charge in [-0.15, -0.1) is 0 Å². The lowest BCUT2D eigenvalue weighted by atomic mass is 9.87. The van der Waals surface area contributed by atoms with Crippen molar-refractivity contribution in [2.24, 2.45) is 18.9 Å². The van der Waals surface area contributed by atoms with Crippen LogP contribution in [0.3, 0.4) is 0 Å². The molecule has 2 unspecified atom stereocenters. The summed E-state index contributed by atoms with van der Waals surface area (Å²) >= 11 is 6.18. The Morgan fingerprint density at radius 2 is 1.97 bits per heavy atom. The van der Waals surface area contributed by atoms with E-state index in [0.717, 1.165) is 55.4 Å². The van der Waals surface area contributed by atoms with E-state index in [2.05, 4.69) is 44.7 Å². The first kappa shape index (κ1) is 27.3. The van der Waals surface area contributed by atoms with Gasteiger partial charge in [0.05, 0.1) is 24.9 Å². The van der Waals surface area contributed by atoms with Gasteiger partial charge < -0.3 is 10.0 Å². The summed E-state index contributed by atoms with van der Waals surface area (Å²) < 4.78 is 2.06. The number of aromatic nitrogens is 2. The Morgan fingerprint density at radius 1 is 1.21 bits per heavy atom. The minimum absolute atomic E-state index is 0.240. The number of carbonyl (C=O) groups is 1. The predicted molar refractivity (Wildman–Crippen MR) is 154 cm³/mol. The molecular weight excluding hydrogens is 510 g/mol. The molecule has 2 aromatic rings. The first-order valence-corrected chi connectivity index (χ1v) is 14.1. The molecule has 2 aliphatic heterocycles. The molecule has 0 spiro atoms. The van der Waals surface area contributed by atoms with Crippen LogP contribution in [0.4, 0.5) is 5.95 Å². The molecule has 5 rings (SSSR count). The van der Waals surface area contributed by atoms with E-state index in [1.807, 2.05) is 68.0 Å². The monoisotopic (exact) mass is 546 g/mol. The quantitative estimate of drug-likeness (QED) is 0.506. The van der Waals surface area contributed by atoms with Crippen molar-refractivity contribution in [1.29, 1.82) is 0 Å². The lowest BCUT2D eigenvalue weighted by Gasteiger charge is -2.41. The van der Waals surface area contributed by atoms with E-state index < -0.39 is 11.9 Å². The van der Waals surface area contributed by atoms with Gasteiger partial charge in [-0.2, -0.15) is 10.0 Å². The van der Waals surface area contributed by atoms with Gasteiger partial charge in [0.15, 0.2) is 0 Å². The molecule has 39 heavy (non-hydrogen) atoms. The molecular formula is C31H37ClN5O2+. The van der Waals surface area contributed by atoms with Gasteiger partial charge in [0, 0.05) is 43.1 Å². The van der Waals surface area contributed by atoms with Crippen LogP contribution in [-0.2, 0) is 11.8 Å². The van der Waals surface area contributed by atoms with Crippen LogP contribution in [0.15, 0.2) is 90.5 Å². The number of halogens is 1. The third-order valence-corrected chi connectivity index (χ3v) is 8.23. The van der Waals surface area contributed by atoms with Gasteiger partial charge in [-0.05, 0) is 61.7 Å². The van der Waals surface area contributed by atoms with Crippen LogP contribution in [0.5, 0.6) is 0 Å². The lowest BCUT2D eigenvalue weighted by molar-refractivity contribution is -0.662. The van der Waals surface area contributed by atoms with E-state index >= 15 is 0 Å². The molecule has 3 heterocycles. The number of hydrogen-bond donors (Lipinski definition) is 1. The number of likely N-dealkylation sites (N-methyl/N-ethyl adjacent to an activating group) is 1. The Bertz CT molecular complexity index is 1290. The minimum atomic E-state index is -0.758. The summed E-state index contributed by atoms with van der Waals surface area (Å²) in [5.74, 6) is 0.187. The zero-order valence-corrected chi connectivity index (χ0v) is 23.4. The number of allylic oxidation sites excluding steroid dienone is 6. The number of rotatable bonds is 7. The maximum atomic E-state index is 12.2. The predicted octanol–water partition coefficient (Wildman–Crippen LogP) is 4.75. The Kier molecular flexibility index (Phi) is 8.60. The molecule has 0 radical (unpaired) electrons. The van der Waals surface area contributed by atoms with E-state index in [9.17, 15) is 9.90 Å². The summed E-state index contributed by atoms with van der Waals surface area (Å²) in [5, 5.41) is 15.3. The van der Waals surface area contributed by atoms with E-state index in [1.165, 1.54) is 11.3 Å². The van der Waals surface area contributed by atoms with E-state index in [0.29, 0.717) is 12.5 Å². The van der Waals surface area contributed by atoms with Crippen molar-refractivity contribution >= 4 is 23.5 Å². The van der Waals surface area contributed by atoms with Crippen LogP contribution in [0, 0.1) is 11.8 Å². The fourth-order valence-corrected chi connectivity index (χ4v) is 6.00. The maximum Gasteiger partial charge on any atom is 0.415 e. The van der Waals surface area contributed by atoms with E-state index in [4.69, 9.17) is 16.6 Å². The summed E-state index contributed by atoms with van der Waals surface area (Å²) in [7, 11) is 4.15. The molecule has 0 saturated carbocycles. The molecule has 1 aliphatic carbocycles. The van der Waals surface area contributed by atoms with Crippen molar-refractivity contribution in [2.75, 3.05) is 38.2 Å². The van der Waals surface area contributed by atoms with Crippen LogP contribution >= 0.6 is 11.6 Å². The van der Waals surface area contributed by atoms with Crippen molar-refractivity contribution < 1.29 is 14.5 Å². The Morgan fingerprint density at radius 3 is 2.69 bits per heavy atom. The van der Waals surface area contributed by atoms with Crippen LogP contribution in [0.1, 0.15) is 30.7 Å². The Labute approximate surface area is 236 Å². The van der Waals surface area contributed by atoms with Gasteiger partial charge in [0.25, 0.3) is 0 Å². The summed E-state index contributed by atoms with van der Waals surface area (Å²) in [6.45, 7) is 3.08. The van der Waals surface area contributed by atoms with Crippen LogP contribution < -0.4 is 9.58 Å². The summed E-state index contributed by atoms with van der Waals surface area (Å²) in [4.78, 5) is 19.2. The minimum Gasteiger partial charge on any atom is -0.481 e. The highest BCUT2D eigenvalue weighted by molar-refractivity contribution is 6.30. The number of anilines is 1. The Balaban J connectivity index is 1.37. The van der Waals surface area contributed by atoms with Gasteiger partial charge in [0.2, 0.25) is 0 Å². The van der Waals surface area contributed by atoms with Crippen molar-refractivity contribution in [1.82, 2.24) is 14.9 Å². The fraction of sp³-hybridized carbons (Fsp3) is 0.387. The number of aliphatic carboxylic acids is 1. The Hall–Kier alpha value is -3.26. The summed E-state index contributed by atoms with van der Waals surface area (Å²) in [6, 6.07) is 10.1. The molecule has 0 bridgehead atoms. The van der Waals surface area contributed by atoms with E-state index in [-0.39, 0.29) is 5.92 Å². The first-order valence-electron chi connectivity index (χ1n) is 13.7. The molecule has 1 fully saturated rings. The summed E-state index contributed by atoms with van der Waals surface area (Å²) in [6.07, 6.45) is 18.9. The second kappa shape index (κ2) is 12.3. The van der Waals surface area contributed by atoms with Crippen LogP contribution in [0.2, 0.25) is 5.02 Å². The third kappa shape index (κ3) is 6.32. The third-order valence-electron chi connectivity index (χ3n) is 7.98.